The van der Waals surface area contributed by atoms with Gasteiger partial charge in [0, 0.05) is 6.42 Å². The molecule has 0 atom stereocenters. The van der Waals surface area contributed by atoms with E-state index in [1.807, 2.05) is 6.92 Å². The third kappa shape index (κ3) is 7.26. The maximum atomic E-state index is 10.0. The molecule has 0 heterocycles. The van der Waals surface area contributed by atoms with Crippen LogP contribution in [-0.2, 0) is 4.79 Å². The minimum absolute atomic E-state index is 0.648. The second-order valence-corrected chi connectivity index (χ2v) is 3.25. The normalized spacial score (nSPS) is 11.3. The average Bonchev–Trinajstić information content (AvgIpc) is 2.00. The number of aldehydes is 1. The molecule has 0 bridgehead atoms. The number of carbonyl (C=O) groups excluding carboxylic acids is 1. The van der Waals surface area contributed by atoms with Gasteiger partial charge in [0.25, 0.3) is 0 Å². The van der Waals surface area contributed by atoms with Gasteiger partial charge in [0.1, 0.15) is 6.29 Å². The Bertz CT molecular complexity index is 177. The Kier molecular flexibility index (Phi) is 6.35. The molecule has 0 saturated carbocycles. The molecule has 0 spiro atoms. The van der Waals surface area contributed by atoms with Crippen LogP contribution in [0.5, 0.6) is 0 Å². The number of hydrogen-bond donors (Lipinski definition) is 0. The van der Waals surface area contributed by atoms with Gasteiger partial charge in [0.05, 0.1) is 0 Å². The van der Waals surface area contributed by atoms with Gasteiger partial charge in [-0.3, -0.25) is 0 Å². The van der Waals surface area contributed by atoms with Crippen molar-refractivity contribution in [3.05, 3.63) is 23.8 Å². The van der Waals surface area contributed by atoms with E-state index in [4.69, 9.17) is 0 Å². The summed E-state index contributed by atoms with van der Waals surface area (Å²) in [4.78, 5) is 10.0. The molecule has 0 aromatic heterocycles. The van der Waals surface area contributed by atoms with E-state index in [0.29, 0.717) is 6.42 Å². The Hall–Kier alpha value is -0.850. The lowest BCUT2D eigenvalue weighted by Crippen LogP contribution is -1.80. The monoisotopic (exact) mass is 166 g/mol. The molecular weight excluding hydrogens is 148 g/mol. The lowest BCUT2D eigenvalue weighted by atomic mass is 10.1. The van der Waals surface area contributed by atoms with Crippen molar-refractivity contribution in [2.45, 2.75) is 39.5 Å². The maximum absolute atomic E-state index is 10.0. The van der Waals surface area contributed by atoms with Gasteiger partial charge in [-0.2, -0.15) is 0 Å². The van der Waals surface area contributed by atoms with Crippen LogP contribution in [0.3, 0.4) is 0 Å². The van der Waals surface area contributed by atoms with Crippen molar-refractivity contribution >= 4 is 6.29 Å². The lowest BCUT2D eigenvalue weighted by Gasteiger charge is -1.97. The highest BCUT2D eigenvalue weighted by atomic mass is 16.1. The first-order valence-electron chi connectivity index (χ1n) is 4.40. The van der Waals surface area contributed by atoms with E-state index >= 15 is 0 Å². The molecule has 0 aliphatic rings. The molecule has 0 aliphatic carbocycles. The molecule has 0 saturated heterocycles. The summed E-state index contributed by atoms with van der Waals surface area (Å²) < 4.78 is 0. The van der Waals surface area contributed by atoms with Crippen molar-refractivity contribution in [1.82, 2.24) is 0 Å². The Morgan fingerprint density at radius 2 is 1.92 bits per heavy atom. The molecule has 1 nitrogen and oxygen atoms in total. The lowest BCUT2D eigenvalue weighted by molar-refractivity contribution is -0.107. The molecule has 0 aromatic carbocycles. The van der Waals surface area contributed by atoms with Crippen LogP contribution in [0.2, 0.25) is 0 Å². The molecule has 0 unspecified atom stereocenters. The number of carbonyl (C=O) groups is 1. The standard InChI is InChI=1S/C11H18O/c1-10(2)6-4-7-11(3)8-5-9-12/h7,9H,1,4-6,8H2,2-3H3/b11-7-. The van der Waals surface area contributed by atoms with Crippen molar-refractivity contribution in [3.8, 4) is 0 Å². The minimum Gasteiger partial charge on any atom is -0.303 e. The Morgan fingerprint density at radius 1 is 1.25 bits per heavy atom. The SMILES string of the molecule is C=C(C)CC/C=C(/C)CCC=O. The van der Waals surface area contributed by atoms with Crippen LogP contribution in [0.1, 0.15) is 39.5 Å². The fourth-order valence-corrected chi connectivity index (χ4v) is 0.954. The zero-order chi connectivity index (χ0) is 9.40. The maximum Gasteiger partial charge on any atom is 0.120 e. The molecule has 0 aliphatic heterocycles. The summed E-state index contributed by atoms with van der Waals surface area (Å²) in [6, 6.07) is 0. The fraction of sp³-hybridized carbons (Fsp3) is 0.545. The van der Waals surface area contributed by atoms with Gasteiger partial charge in [-0.1, -0.05) is 17.2 Å². The van der Waals surface area contributed by atoms with Gasteiger partial charge in [0.15, 0.2) is 0 Å². The molecule has 1 heteroatoms. The predicted molar refractivity (Wildman–Crippen MR) is 53.1 cm³/mol. The summed E-state index contributed by atoms with van der Waals surface area (Å²) in [5, 5.41) is 0. The third-order valence-electron chi connectivity index (χ3n) is 1.72. The average molecular weight is 166 g/mol. The molecule has 0 rings (SSSR count). The van der Waals surface area contributed by atoms with Crippen LogP contribution in [0, 0.1) is 0 Å². The van der Waals surface area contributed by atoms with Crippen molar-refractivity contribution in [3.63, 3.8) is 0 Å². The van der Waals surface area contributed by atoms with E-state index < -0.39 is 0 Å². The fourth-order valence-electron chi connectivity index (χ4n) is 0.954. The molecule has 0 amide bonds. The smallest absolute Gasteiger partial charge is 0.120 e. The van der Waals surface area contributed by atoms with Crippen molar-refractivity contribution in [1.29, 1.82) is 0 Å². The van der Waals surface area contributed by atoms with Crippen molar-refractivity contribution in [2.75, 3.05) is 0 Å². The van der Waals surface area contributed by atoms with E-state index in [2.05, 4.69) is 19.6 Å². The van der Waals surface area contributed by atoms with Crippen LogP contribution in [0.4, 0.5) is 0 Å². The van der Waals surface area contributed by atoms with Gasteiger partial charge in [-0.05, 0) is 33.1 Å². The molecule has 68 valence electrons. The number of allylic oxidation sites excluding steroid dienone is 3. The highest BCUT2D eigenvalue weighted by molar-refractivity contribution is 5.49. The van der Waals surface area contributed by atoms with Gasteiger partial charge in [-0.25, -0.2) is 0 Å². The predicted octanol–water partition coefficient (Wildman–Crippen LogP) is 3.27. The summed E-state index contributed by atoms with van der Waals surface area (Å²) in [5.74, 6) is 0. The van der Waals surface area contributed by atoms with E-state index in [0.717, 1.165) is 25.5 Å². The largest absolute Gasteiger partial charge is 0.303 e. The topological polar surface area (TPSA) is 17.1 Å². The van der Waals surface area contributed by atoms with Crippen LogP contribution < -0.4 is 0 Å². The highest BCUT2D eigenvalue weighted by Gasteiger charge is 1.89. The number of hydrogen-bond acceptors (Lipinski definition) is 1. The van der Waals surface area contributed by atoms with Crippen LogP contribution >= 0.6 is 0 Å². The van der Waals surface area contributed by atoms with Crippen LogP contribution in [0.25, 0.3) is 0 Å². The Morgan fingerprint density at radius 3 is 2.42 bits per heavy atom. The molecular formula is C11H18O. The first-order chi connectivity index (χ1) is 5.66. The van der Waals surface area contributed by atoms with Gasteiger partial charge in [-0.15, -0.1) is 6.58 Å². The third-order valence-corrected chi connectivity index (χ3v) is 1.72. The van der Waals surface area contributed by atoms with Crippen molar-refractivity contribution in [2.24, 2.45) is 0 Å². The van der Waals surface area contributed by atoms with E-state index in [9.17, 15) is 4.79 Å². The highest BCUT2D eigenvalue weighted by Crippen LogP contribution is 2.07. The quantitative estimate of drug-likeness (QED) is 0.437. The molecule has 0 aromatic rings. The summed E-state index contributed by atoms with van der Waals surface area (Å²) in [7, 11) is 0. The second-order valence-electron chi connectivity index (χ2n) is 3.25. The van der Waals surface area contributed by atoms with Crippen molar-refractivity contribution < 1.29 is 4.79 Å². The van der Waals surface area contributed by atoms with Gasteiger partial charge >= 0.3 is 0 Å². The Labute approximate surface area is 75.2 Å². The summed E-state index contributed by atoms with van der Waals surface area (Å²) in [5.41, 5.74) is 2.53. The summed E-state index contributed by atoms with van der Waals surface area (Å²) >= 11 is 0. The summed E-state index contributed by atoms with van der Waals surface area (Å²) in [6.45, 7) is 7.94. The van der Waals surface area contributed by atoms with Gasteiger partial charge in [0.2, 0.25) is 0 Å². The van der Waals surface area contributed by atoms with Gasteiger partial charge < -0.3 is 4.79 Å². The Balaban J connectivity index is 3.53. The molecule has 0 N–H and O–H groups in total. The minimum atomic E-state index is 0.648. The molecule has 0 radical (unpaired) electrons. The number of rotatable bonds is 6. The molecule has 12 heavy (non-hydrogen) atoms. The van der Waals surface area contributed by atoms with E-state index in [-0.39, 0.29) is 0 Å². The van der Waals surface area contributed by atoms with E-state index in [1.165, 1.54) is 11.1 Å². The van der Waals surface area contributed by atoms with Crippen LogP contribution in [0.15, 0.2) is 23.8 Å². The summed E-state index contributed by atoms with van der Waals surface area (Å²) in [6.07, 6.45) is 6.82. The zero-order valence-corrected chi connectivity index (χ0v) is 8.10. The first-order valence-corrected chi connectivity index (χ1v) is 4.40. The first kappa shape index (κ1) is 11.2. The molecule has 0 fully saturated rings. The zero-order valence-electron chi connectivity index (χ0n) is 8.10. The van der Waals surface area contributed by atoms with E-state index in [1.54, 1.807) is 0 Å². The van der Waals surface area contributed by atoms with Crippen LogP contribution in [-0.4, -0.2) is 6.29 Å². The second kappa shape index (κ2) is 6.84.